The Kier molecular flexibility index (Phi) is 7.81. The molecule has 0 spiro atoms. The fourth-order valence-corrected chi connectivity index (χ4v) is 4.07. The van der Waals surface area contributed by atoms with Crippen molar-refractivity contribution in [1.29, 1.82) is 0 Å². The van der Waals surface area contributed by atoms with Crippen molar-refractivity contribution in [2.75, 3.05) is 31.9 Å². The first-order valence-corrected chi connectivity index (χ1v) is 10.7. The van der Waals surface area contributed by atoms with E-state index in [9.17, 15) is 0 Å². The summed E-state index contributed by atoms with van der Waals surface area (Å²) in [7, 11) is 3.32. The molecule has 1 aromatic heterocycles. The molecule has 3 aromatic rings. The molecule has 0 saturated heterocycles. The summed E-state index contributed by atoms with van der Waals surface area (Å²) in [6.07, 6.45) is 0.935. The van der Waals surface area contributed by atoms with Gasteiger partial charge in [0.1, 0.15) is 17.2 Å². The van der Waals surface area contributed by atoms with Gasteiger partial charge < -0.3 is 19.5 Å². The third kappa shape index (κ3) is 6.31. The number of methoxy groups -OCH3 is 2. The number of benzene rings is 2. The van der Waals surface area contributed by atoms with Crippen LogP contribution in [-0.4, -0.2) is 36.8 Å². The van der Waals surface area contributed by atoms with Crippen molar-refractivity contribution in [3.63, 3.8) is 0 Å². The van der Waals surface area contributed by atoms with Crippen LogP contribution in [0.3, 0.4) is 0 Å². The SMILES string of the molecule is COc1ccc(CNc2nnc(SCCCOc3ccc(OC)cc3)s2)cc1. The van der Waals surface area contributed by atoms with Crippen molar-refractivity contribution in [3.8, 4) is 17.2 Å². The highest BCUT2D eigenvalue weighted by Gasteiger charge is 2.05. The zero-order valence-electron chi connectivity index (χ0n) is 15.9. The summed E-state index contributed by atoms with van der Waals surface area (Å²) in [4.78, 5) is 0. The van der Waals surface area contributed by atoms with Gasteiger partial charge in [-0.3, -0.25) is 0 Å². The summed E-state index contributed by atoms with van der Waals surface area (Å²) in [5.74, 6) is 3.47. The van der Waals surface area contributed by atoms with E-state index in [4.69, 9.17) is 14.2 Å². The normalized spacial score (nSPS) is 10.5. The molecule has 148 valence electrons. The number of thioether (sulfide) groups is 1. The lowest BCUT2D eigenvalue weighted by Gasteiger charge is -2.06. The average Bonchev–Trinajstić information content (AvgIpc) is 3.20. The number of nitrogens with one attached hydrogen (secondary N) is 1. The van der Waals surface area contributed by atoms with Gasteiger partial charge in [-0.05, 0) is 48.4 Å². The van der Waals surface area contributed by atoms with Crippen molar-refractivity contribution in [2.45, 2.75) is 17.3 Å². The van der Waals surface area contributed by atoms with E-state index in [1.54, 1.807) is 37.3 Å². The molecular weight excluding hydrogens is 394 g/mol. The van der Waals surface area contributed by atoms with Crippen LogP contribution in [0.25, 0.3) is 0 Å². The molecule has 0 amide bonds. The Bertz CT molecular complexity index is 839. The van der Waals surface area contributed by atoms with E-state index in [0.717, 1.165) is 38.9 Å². The number of rotatable bonds is 11. The number of hydrogen-bond acceptors (Lipinski definition) is 8. The van der Waals surface area contributed by atoms with Crippen LogP contribution in [0.2, 0.25) is 0 Å². The van der Waals surface area contributed by atoms with Crippen LogP contribution in [0.5, 0.6) is 17.2 Å². The second-order valence-corrected chi connectivity index (χ2v) is 8.12. The molecule has 1 N–H and O–H groups in total. The second-order valence-electron chi connectivity index (χ2n) is 5.80. The number of nitrogens with zero attached hydrogens (tertiary/aromatic N) is 2. The fourth-order valence-electron chi connectivity index (χ4n) is 2.34. The lowest BCUT2D eigenvalue weighted by molar-refractivity contribution is 0.318. The predicted octanol–water partition coefficient (Wildman–Crippen LogP) is 4.73. The molecule has 0 atom stereocenters. The summed E-state index contributed by atoms with van der Waals surface area (Å²) in [5, 5.41) is 12.6. The molecule has 0 unspecified atom stereocenters. The van der Waals surface area contributed by atoms with Gasteiger partial charge in [0.25, 0.3) is 0 Å². The maximum Gasteiger partial charge on any atom is 0.206 e. The van der Waals surface area contributed by atoms with Crippen molar-refractivity contribution in [3.05, 3.63) is 54.1 Å². The van der Waals surface area contributed by atoms with Crippen molar-refractivity contribution < 1.29 is 14.2 Å². The van der Waals surface area contributed by atoms with E-state index in [1.807, 2.05) is 48.5 Å². The van der Waals surface area contributed by atoms with Gasteiger partial charge in [-0.25, -0.2) is 0 Å². The third-order valence-electron chi connectivity index (χ3n) is 3.85. The highest BCUT2D eigenvalue weighted by molar-refractivity contribution is 8.01. The van der Waals surface area contributed by atoms with Crippen LogP contribution in [0.1, 0.15) is 12.0 Å². The lowest BCUT2D eigenvalue weighted by Crippen LogP contribution is -1.98. The summed E-state index contributed by atoms with van der Waals surface area (Å²) in [6.45, 7) is 1.37. The predicted molar refractivity (Wildman–Crippen MR) is 114 cm³/mol. The monoisotopic (exact) mass is 417 g/mol. The first-order valence-electron chi connectivity index (χ1n) is 8.87. The smallest absolute Gasteiger partial charge is 0.206 e. The Morgan fingerprint density at radius 2 is 1.54 bits per heavy atom. The molecule has 28 heavy (non-hydrogen) atoms. The average molecular weight is 418 g/mol. The minimum atomic E-state index is 0.667. The Labute approximate surface area is 173 Å². The Hall–Kier alpha value is -2.45. The maximum atomic E-state index is 5.73. The molecule has 0 saturated carbocycles. The van der Waals surface area contributed by atoms with Gasteiger partial charge in [0, 0.05) is 12.3 Å². The summed E-state index contributed by atoms with van der Waals surface area (Å²) in [5.41, 5.74) is 1.17. The summed E-state index contributed by atoms with van der Waals surface area (Å²) in [6, 6.07) is 15.6. The molecule has 2 aromatic carbocycles. The highest BCUT2D eigenvalue weighted by Crippen LogP contribution is 2.26. The molecule has 6 nitrogen and oxygen atoms in total. The number of hydrogen-bond donors (Lipinski definition) is 1. The Morgan fingerprint density at radius 1 is 0.893 bits per heavy atom. The molecule has 3 rings (SSSR count). The van der Waals surface area contributed by atoms with Gasteiger partial charge in [0.15, 0.2) is 4.34 Å². The van der Waals surface area contributed by atoms with Gasteiger partial charge >= 0.3 is 0 Å². The van der Waals surface area contributed by atoms with Gasteiger partial charge in [-0.1, -0.05) is 35.2 Å². The third-order valence-corrected chi connectivity index (χ3v) is 5.95. The maximum absolute atomic E-state index is 5.73. The first kappa shape index (κ1) is 20.3. The topological polar surface area (TPSA) is 65.5 Å². The Morgan fingerprint density at radius 3 is 2.21 bits per heavy atom. The second kappa shape index (κ2) is 10.8. The van der Waals surface area contributed by atoms with Gasteiger partial charge in [-0.15, -0.1) is 10.2 Å². The van der Waals surface area contributed by atoms with Crippen molar-refractivity contribution in [1.82, 2.24) is 10.2 Å². The van der Waals surface area contributed by atoms with Crippen molar-refractivity contribution in [2.24, 2.45) is 0 Å². The number of aromatic nitrogens is 2. The van der Waals surface area contributed by atoms with E-state index < -0.39 is 0 Å². The van der Waals surface area contributed by atoms with E-state index >= 15 is 0 Å². The quantitative estimate of drug-likeness (QED) is 0.357. The lowest BCUT2D eigenvalue weighted by atomic mass is 10.2. The summed E-state index contributed by atoms with van der Waals surface area (Å²) < 4.78 is 17.0. The largest absolute Gasteiger partial charge is 0.497 e. The zero-order chi connectivity index (χ0) is 19.6. The van der Waals surface area contributed by atoms with Crippen LogP contribution < -0.4 is 19.5 Å². The number of ether oxygens (including phenoxy) is 3. The van der Waals surface area contributed by atoms with E-state index in [1.165, 1.54) is 5.56 Å². The molecule has 0 aliphatic rings. The Balaban J connectivity index is 1.33. The molecular formula is C20H23N3O3S2. The number of anilines is 1. The molecule has 0 bridgehead atoms. The molecule has 0 aliphatic carbocycles. The minimum absolute atomic E-state index is 0.667. The van der Waals surface area contributed by atoms with Gasteiger partial charge in [-0.2, -0.15) is 0 Å². The molecule has 8 heteroatoms. The van der Waals surface area contributed by atoms with E-state index in [0.29, 0.717) is 13.2 Å². The van der Waals surface area contributed by atoms with Gasteiger partial charge in [0.05, 0.1) is 20.8 Å². The van der Waals surface area contributed by atoms with Crippen molar-refractivity contribution >= 4 is 28.2 Å². The van der Waals surface area contributed by atoms with Crippen LogP contribution in [0, 0.1) is 0 Å². The molecule has 0 aliphatic heterocycles. The van der Waals surface area contributed by atoms with Crippen LogP contribution in [-0.2, 0) is 6.54 Å². The highest BCUT2D eigenvalue weighted by atomic mass is 32.2. The molecule has 0 radical (unpaired) electrons. The van der Waals surface area contributed by atoms with E-state index in [-0.39, 0.29) is 0 Å². The zero-order valence-corrected chi connectivity index (χ0v) is 17.5. The molecule has 0 fully saturated rings. The minimum Gasteiger partial charge on any atom is -0.497 e. The first-order chi connectivity index (χ1) is 13.8. The molecule has 1 heterocycles. The van der Waals surface area contributed by atoms with Crippen LogP contribution >= 0.6 is 23.1 Å². The van der Waals surface area contributed by atoms with Gasteiger partial charge in [0.2, 0.25) is 5.13 Å². The van der Waals surface area contributed by atoms with Crippen LogP contribution in [0.15, 0.2) is 52.9 Å². The van der Waals surface area contributed by atoms with Crippen LogP contribution in [0.4, 0.5) is 5.13 Å². The standard InChI is InChI=1S/C20H23N3O3S2/c1-24-16-6-4-15(5-7-16)14-21-19-22-23-20(28-19)27-13-3-12-26-18-10-8-17(25-2)9-11-18/h4-11H,3,12-14H2,1-2H3,(H,21,22). The summed E-state index contributed by atoms with van der Waals surface area (Å²) >= 11 is 3.27. The fraction of sp³-hybridized carbons (Fsp3) is 0.300. The van der Waals surface area contributed by atoms with E-state index in [2.05, 4.69) is 15.5 Å².